The molecule has 2 aromatic heterocycles. The highest BCUT2D eigenvalue weighted by molar-refractivity contribution is 5.87. The first-order valence-corrected chi connectivity index (χ1v) is 11.9. The van der Waals surface area contributed by atoms with Gasteiger partial charge in [-0.3, -0.25) is 4.98 Å². The molecule has 0 radical (unpaired) electrons. The highest BCUT2D eigenvalue weighted by atomic mass is 19.1. The second-order valence-corrected chi connectivity index (χ2v) is 11.3. The van der Waals surface area contributed by atoms with Crippen LogP contribution in [0.1, 0.15) is 46.2 Å². The number of aromatic nitrogens is 2. The number of hydrogen-bond donors (Lipinski definition) is 2. The molecule has 2 fully saturated rings. The maximum Gasteiger partial charge on any atom is 0.407 e. The fourth-order valence-corrected chi connectivity index (χ4v) is 5.46. The lowest BCUT2D eigenvalue weighted by Crippen LogP contribution is -2.67. The number of fused-ring (bicyclic) bond motifs is 1. The monoisotopic (exact) mass is 478 g/mol. The van der Waals surface area contributed by atoms with Crippen LogP contribution < -0.4 is 10.2 Å². The number of anilines is 1. The molecule has 3 heterocycles. The summed E-state index contributed by atoms with van der Waals surface area (Å²) >= 11 is 0. The van der Waals surface area contributed by atoms with Crippen LogP contribution in [0.25, 0.3) is 22.0 Å². The minimum absolute atomic E-state index is 0.131. The summed E-state index contributed by atoms with van der Waals surface area (Å²) in [5.41, 5.74) is 0.547. The number of aliphatic hydroxyl groups is 1. The van der Waals surface area contributed by atoms with Gasteiger partial charge < -0.3 is 20.1 Å². The number of carbonyl (C=O) groups is 1. The predicted octanol–water partition coefficient (Wildman–Crippen LogP) is 4.81. The van der Waals surface area contributed by atoms with Gasteiger partial charge in [-0.2, -0.15) is 0 Å². The van der Waals surface area contributed by atoms with Gasteiger partial charge in [-0.05, 0) is 64.8 Å². The Labute approximate surface area is 204 Å². The SMILES string of the molecule is CC1(O)CC2(CN(c3cccc(-c4ccc5cnc(CNC(=O)OC(C)(C)C)cc5c4F)n3)C2)C1. The molecule has 1 saturated carbocycles. The van der Waals surface area contributed by atoms with Crippen LogP contribution in [0, 0.1) is 11.2 Å². The molecule has 2 aliphatic rings. The number of hydrogen-bond acceptors (Lipinski definition) is 6. The number of ether oxygens (including phenoxy) is 1. The third-order valence-corrected chi connectivity index (χ3v) is 6.61. The molecule has 2 N–H and O–H groups in total. The van der Waals surface area contributed by atoms with Crippen molar-refractivity contribution in [1.82, 2.24) is 15.3 Å². The van der Waals surface area contributed by atoms with E-state index in [1.807, 2.05) is 31.2 Å². The molecule has 35 heavy (non-hydrogen) atoms. The maximum atomic E-state index is 15.6. The minimum atomic E-state index is -0.600. The van der Waals surface area contributed by atoms with Gasteiger partial charge in [0.05, 0.1) is 23.5 Å². The number of alkyl carbamates (subject to hydrolysis) is 1. The van der Waals surface area contributed by atoms with Crippen LogP contribution >= 0.6 is 0 Å². The van der Waals surface area contributed by atoms with Crippen LogP contribution in [0.5, 0.6) is 0 Å². The smallest absolute Gasteiger partial charge is 0.407 e. The summed E-state index contributed by atoms with van der Waals surface area (Å²) < 4.78 is 20.9. The summed E-state index contributed by atoms with van der Waals surface area (Å²) in [4.78, 5) is 23.2. The van der Waals surface area contributed by atoms with E-state index < -0.39 is 17.3 Å². The Kier molecular flexibility index (Phi) is 5.47. The zero-order valence-electron chi connectivity index (χ0n) is 20.6. The number of nitrogens with zero attached hydrogens (tertiary/aromatic N) is 3. The van der Waals surface area contributed by atoms with Crippen molar-refractivity contribution >= 4 is 22.7 Å². The van der Waals surface area contributed by atoms with Crippen LogP contribution in [-0.2, 0) is 11.3 Å². The number of carbonyl (C=O) groups excluding carboxylic acids is 1. The topological polar surface area (TPSA) is 87.6 Å². The maximum absolute atomic E-state index is 15.6. The molecule has 184 valence electrons. The van der Waals surface area contributed by atoms with E-state index in [1.165, 1.54) is 0 Å². The second kappa shape index (κ2) is 8.16. The average Bonchev–Trinajstić information content (AvgIpc) is 2.73. The number of halogens is 1. The Bertz CT molecular complexity index is 1290. The molecule has 1 aromatic carbocycles. The van der Waals surface area contributed by atoms with E-state index in [4.69, 9.17) is 9.72 Å². The Morgan fingerprint density at radius 3 is 2.66 bits per heavy atom. The van der Waals surface area contributed by atoms with Gasteiger partial charge in [0, 0.05) is 41.0 Å². The molecule has 5 rings (SSSR count). The van der Waals surface area contributed by atoms with Crippen molar-refractivity contribution in [1.29, 1.82) is 0 Å². The quantitative estimate of drug-likeness (QED) is 0.560. The predicted molar refractivity (Wildman–Crippen MR) is 133 cm³/mol. The molecule has 0 bridgehead atoms. The minimum Gasteiger partial charge on any atom is -0.444 e. The molecular formula is C27H31FN4O3. The molecule has 1 aliphatic heterocycles. The van der Waals surface area contributed by atoms with Crippen LogP contribution in [0.4, 0.5) is 15.0 Å². The zero-order chi connectivity index (χ0) is 25.0. The Hall–Kier alpha value is -3.26. The lowest BCUT2D eigenvalue weighted by atomic mass is 9.56. The third-order valence-electron chi connectivity index (χ3n) is 6.61. The summed E-state index contributed by atoms with van der Waals surface area (Å²) in [6, 6.07) is 10.9. The zero-order valence-corrected chi connectivity index (χ0v) is 20.6. The normalized spacial score (nSPS) is 18.2. The second-order valence-electron chi connectivity index (χ2n) is 11.3. The molecular weight excluding hydrogens is 447 g/mol. The number of amides is 1. The van der Waals surface area contributed by atoms with Gasteiger partial charge in [0.2, 0.25) is 0 Å². The van der Waals surface area contributed by atoms with Gasteiger partial charge in [-0.1, -0.05) is 12.1 Å². The van der Waals surface area contributed by atoms with E-state index in [2.05, 4.69) is 15.2 Å². The summed E-state index contributed by atoms with van der Waals surface area (Å²) in [6.45, 7) is 9.11. The van der Waals surface area contributed by atoms with E-state index in [9.17, 15) is 9.90 Å². The Balaban J connectivity index is 1.34. The molecule has 1 saturated heterocycles. The van der Waals surface area contributed by atoms with Crippen molar-refractivity contribution in [2.75, 3.05) is 18.0 Å². The fraction of sp³-hybridized carbons (Fsp3) is 0.444. The Morgan fingerprint density at radius 1 is 1.23 bits per heavy atom. The van der Waals surface area contributed by atoms with E-state index in [1.54, 1.807) is 39.1 Å². The molecule has 7 nitrogen and oxygen atoms in total. The molecule has 1 aliphatic carbocycles. The summed E-state index contributed by atoms with van der Waals surface area (Å²) in [5.74, 6) is 0.444. The van der Waals surface area contributed by atoms with Crippen LogP contribution in [0.15, 0.2) is 42.6 Å². The van der Waals surface area contributed by atoms with E-state index in [-0.39, 0.29) is 17.8 Å². The summed E-state index contributed by atoms with van der Waals surface area (Å²) in [5, 5.41) is 13.9. The number of rotatable bonds is 4. The van der Waals surface area contributed by atoms with E-state index >= 15 is 4.39 Å². The number of nitrogens with one attached hydrogen (secondary N) is 1. The van der Waals surface area contributed by atoms with Crippen molar-refractivity contribution in [2.45, 2.75) is 58.3 Å². The van der Waals surface area contributed by atoms with Gasteiger partial charge >= 0.3 is 6.09 Å². The van der Waals surface area contributed by atoms with Crippen molar-refractivity contribution in [3.05, 3.63) is 54.1 Å². The first-order valence-electron chi connectivity index (χ1n) is 11.9. The highest BCUT2D eigenvalue weighted by Gasteiger charge is 2.57. The Morgan fingerprint density at radius 2 is 1.97 bits per heavy atom. The summed E-state index contributed by atoms with van der Waals surface area (Å²) in [7, 11) is 0. The van der Waals surface area contributed by atoms with Crippen molar-refractivity contribution in [3.63, 3.8) is 0 Å². The molecule has 1 amide bonds. The largest absolute Gasteiger partial charge is 0.444 e. The number of benzene rings is 1. The lowest BCUT2D eigenvalue weighted by molar-refractivity contribution is -0.126. The van der Waals surface area contributed by atoms with E-state index in [0.717, 1.165) is 31.7 Å². The van der Waals surface area contributed by atoms with Crippen molar-refractivity contribution in [3.8, 4) is 11.3 Å². The van der Waals surface area contributed by atoms with Gasteiger partial charge in [-0.15, -0.1) is 0 Å². The lowest BCUT2D eigenvalue weighted by Gasteiger charge is -2.62. The van der Waals surface area contributed by atoms with Gasteiger partial charge in [0.1, 0.15) is 17.2 Å². The fourth-order valence-electron chi connectivity index (χ4n) is 5.46. The summed E-state index contributed by atoms with van der Waals surface area (Å²) in [6.07, 6.45) is 2.68. The molecule has 3 aromatic rings. The van der Waals surface area contributed by atoms with Gasteiger partial charge in [0.25, 0.3) is 0 Å². The van der Waals surface area contributed by atoms with Gasteiger partial charge in [-0.25, -0.2) is 14.2 Å². The molecule has 0 atom stereocenters. The van der Waals surface area contributed by atoms with Crippen LogP contribution in [0.2, 0.25) is 0 Å². The average molecular weight is 479 g/mol. The molecule has 0 unspecified atom stereocenters. The van der Waals surface area contributed by atoms with Crippen molar-refractivity contribution in [2.24, 2.45) is 5.41 Å². The first kappa shape index (κ1) is 23.5. The van der Waals surface area contributed by atoms with E-state index in [0.29, 0.717) is 27.7 Å². The molecule has 1 spiro atoms. The third kappa shape index (κ3) is 4.80. The van der Waals surface area contributed by atoms with Crippen molar-refractivity contribution < 1.29 is 19.0 Å². The van der Waals surface area contributed by atoms with Crippen LogP contribution in [0.3, 0.4) is 0 Å². The first-order chi connectivity index (χ1) is 16.4. The number of pyridine rings is 2. The van der Waals surface area contributed by atoms with Gasteiger partial charge in [0.15, 0.2) is 0 Å². The standard InChI is InChI=1S/C27H31FN4O3/c1-25(2,3)35-24(33)30-12-18-10-20-17(11-29-18)8-9-19(23(20)28)21-6-5-7-22(31-21)32-15-27(16-32)13-26(4,34)14-27/h5-11,34H,12-16H2,1-4H3,(H,30,33). The van der Waals surface area contributed by atoms with Crippen LogP contribution in [-0.4, -0.2) is 45.5 Å². The highest BCUT2D eigenvalue weighted by Crippen LogP contribution is 2.54. The molecule has 8 heteroatoms.